The lowest BCUT2D eigenvalue weighted by molar-refractivity contribution is 0.269. The Balaban J connectivity index is 1.59. The third-order valence-corrected chi connectivity index (χ3v) is 6.29. The van der Waals surface area contributed by atoms with E-state index < -0.39 is 0 Å². The van der Waals surface area contributed by atoms with E-state index in [9.17, 15) is 0 Å². The van der Waals surface area contributed by atoms with E-state index in [0.29, 0.717) is 5.92 Å². The first-order chi connectivity index (χ1) is 9.74. The number of nitrogens with zero attached hydrogens (tertiary/aromatic N) is 3. The molecule has 3 rings (SSSR count). The fourth-order valence-electron chi connectivity index (χ4n) is 3.50. The van der Waals surface area contributed by atoms with Crippen molar-refractivity contribution in [1.82, 2.24) is 13.6 Å². The minimum absolute atomic E-state index is 0.656. The number of thioether (sulfide) groups is 1. The van der Waals surface area contributed by atoms with Crippen LogP contribution in [-0.2, 0) is 0 Å². The molecule has 0 radical (unpaired) electrons. The van der Waals surface area contributed by atoms with E-state index in [0.717, 1.165) is 11.8 Å². The molecule has 2 saturated heterocycles. The van der Waals surface area contributed by atoms with E-state index in [1.807, 2.05) is 11.8 Å². The van der Waals surface area contributed by atoms with Crippen molar-refractivity contribution in [2.75, 3.05) is 25.4 Å². The van der Waals surface area contributed by atoms with Crippen molar-refractivity contribution in [1.29, 1.82) is 0 Å². The van der Waals surface area contributed by atoms with Crippen molar-refractivity contribution in [2.45, 2.75) is 50.5 Å². The predicted octanol–water partition coefficient (Wildman–Crippen LogP) is 3.88. The van der Waals surface area contributed by atoms with Crippen molar-refractivity contribution in [2.24, 2.45) is 11.8 Å². The molecule has 2 aliphatic rings. The number of hydrogen-bond donors (Lipinski definition) is 0. The van der Waals surface area contributed by atoms with Gasteiger partial charge < -0.3 is 4.90 Å². The Morgan fingerprint density at radius 3 is 3.05 bits per heavy atom. The summed E-state index contributed by atoms with van der Waals surface area (Å²) in [6.45, 7) is 8.40. The lowest BCUT2D eigenvalue weighted by Gasteiger charge is -2.21. The average molecular weight is 312 g/mol. The van der Waals surface area contributed by atoms with Gasteiger partial charge in [-0.05, 0) is 43.4 Å². The predicted molar refractivity (Wildman–Crippen MR) is 86.6 cm³/mol. The van der Waals surface area contributed by atoms with Gasteiger partial charge in [0.15, 0.2) is 0 Å². The highest BCUT2D eigenvalue weighted by atomic mass is 32.2. The molecular weight excluding hydrogens is 286 g/mol. The molecule has 3 nitrogen and oxygen atoms in total. The zero-order valence-corrected chi connectivity index (χ0v) is 14.2. The van der Waals surface area contributed by atoms with E-state index in [-0.39, 0.29) is 0 Å². The quantitative estimate of drug-likeness (QED) is 0.589. The second kappa shape index (κ2) is 6.75. The van der Waals surface area contributed by atoms with Gasteiger partial charge in [-0.15, -0.1) is 11.8 Å². The SMILES string of the molecule is CC(C)CCCSc1nsnc1[C@@H]1CN2CCC[C@H]1C2. The van der Waals surface area contributed by atoms with Gasteiger partial charge in [-0.1, -0.05) is 20.3 Å². The molecule has 1 unspecified atom stereocenters. The average Bonchev–Trinajstić information content (AvgIpc) is 2.99. The Kier molecular flexibility index (Phi) is 5.00. The lowest BCUT2D eigenvalue weighted by atomic mass is 9.89. The summed E-state index contributed by atoms with van der Waals surface area (Å²) in [5.41, 5.74) is 1.32. The zero-order chi connectivity index (χ0) is 13.9. The molecule has 3 heterocycles. The fraction of sp³-hybridized carbons (Fsp3) is 0.867. The van der Waals surface area contributed by atoms with Crippen LogP contribution in [0.2, 0.25) is 0 Å². The van der Waals surface area contributed by atoms with Crippen LogP contribution in [0, 0.1) is 11.8 Å². The van der Waals surface area contributed by atoms with Crippen molar-refractivity contribution in [3.63, 3.8) is 0 Å². The van der Waals surface area contributed by atoms with Crippen LogP contribution in [0.5, 0.6) is 0 Å². The number of rotatable bonds is 6. The van der Waals surface area contributed by atoms with Crippen molar-refractivity contribution >= 4 is 23.5 Å². The van der Waals surface area contributed by atoms with Crippen LogP contribution in [0.15, 0.2) is 5.03 Å². The van der Waals surface area contributed by atoms with Crippen LogP contribution in [0.3, 0.4) is 0 Å². The standard InChI is InChI=1S/C15H25N3S2/c1-11(2)5-4-8-19-15-14(16-20-17-15)13-10-18-7-3-6-12(13)9-18/h11-13H,3-10H2,1-2H3/t12-,13+/m0/s1. The zero-order valence-electron chi connectivity index (χ0n) is 12.5. The molecule has 0 saturated carbocycles. The first kappa shape index (κ1) is 14.8. The van der Waals surface area contributed by atoms with Crippen LogP contribution in [0.25, 0.3) is 0 Å². The molecular formula is C15H25N3S2. The van der Waals surface area contributed by atoms with Crippen molar-refractivity contribution < 1.29 is 0 Å². The number of aromatic nitrogens is 2. The Bertz CT molecular complexity index is 433. The van der Waals surface area contributed by atoms with Gasteiger partial charge in [-0.2, -0.15) is 8.75 Å². The highest BCUT2D eigenvalue weighted by molar-refractivity contribution is 7.99. The van der Waals surface area contributed by atoms with E-state index in [2.05, 4.69) is 27.5 Å². The molecule has 112 valence electrons. The molecule has 0 aliphatic carbocycles. The normalized spacial score (nSPS) is 29.2. The van der Waals surface area contributed by atoms with Crippen LogP contribution in [-0.4, -0.2) is 39.0 Å². The Hall–Kier alpha value is -0.130. The maximum Gasteiger partial charge on any atom is 0.134 e. The molecule has 0 spiro atoms. The van der Waals surface area contributed by atoms with Gasteiger partial charge in [-0.25, -0.2) is 0 Å². The van der Waals surface area contributed by atoms with Gasteiger partial charge >= 0.3 is 0 Å². The molecule has 2 aliphatic heterocycles. The monoisotopic (exact) mass is 311 g/mol. The molecule has 1 aromatic rings. The van der Waals surface area contributed by atoms with Gasteiger partial charge in [-0.3, -0.25) is 0 Å². The van der Waals surface area contributed by atoms with Crippen LogP contribution < -0.4 is 0 Å². The summed E-state index contributed by atoms with van der Waals surface area (Å²) in [6.07, 6.45) is 5.37. The molecule has 1 aromatic heterocycles. The molecule has 3 atom stereocenters. The topological polar surface area (TPSA) is 29.0 Å². The van der Waals surface area contributed by atoms with Gasteiger partial charge in [0.2, 0.25) is 0 Å². The van der Waals surface area contributed by atoms with Crippen LogP contribution >= 0.6 is 23.5 Å². The van der Waals surface area contributed by atoms with Crippen molar-refractivity contribution in [3.05, 3.63) is 5.69 Å². The smallest absolute Gasteiger partial charge is 0.134 e. The summed E-state index contributed by atoms with van der Waals surface area (Å²) in [5.74, 6) is 3.49. The third kappa shape index (κ3) is 3.37. The largest absolute Gasteiger partial charge is 0.302 e. The van der Waals surface area contributed by atoms with Crippen LogP contribution in [0.1, 0.15) is 51.1 Å². The minimum Gasteiger partial charge on any atom is -0.302 e. The van der Waals surface area contributed by atoms with E-state index in [1.165, 1.54) is 73.5 Å². The molecule has 0 N–H and O–H groups in total. The third-order valence-electron chi connectivity index (χ3n) is 4.56. The summed E-state index contributed by atoms with van der Waals surface area (Å²) in [6, 6.07) is 0. The molecule has 2 bridgehead atoms. The van der Waals surface area contributed by atoms with E-state index >= 15 is 0 Å². The highest BCUT2D eigenvalue weighted by Crippen LogP contribution is 2.41. The second-order valence-corrected chi connectivity index (χ2v) is 8.22. The first-order valence-corrected chi connectivity index (χ1v) is 9.63. The summed E-state index contributed by atoms with van der Waals surface area (Å²) < 4.78 is 9.22. The maximum atomic E-state index is 4.66. The summed E-state index contributed by atoms with van der Waals surface area (Å²) in [7, 11) is 0. The van der Waals surface area contributed by atoms with Crippen LogP contribution in [0.4, 0.5) is 0 Å². The lowest BCUT2D eigenvalue weighted by Crippen LogP contribution is -2.25. The molecule has 0 amide bonds. The van der Waals surface area contributed by atoms with E-state index in [1.54, 1.807) is 0 Å². The number of fused-ring (bicyclic) bond motifs is 2. The fourth-order valence-corrected chi connectivity index (χ4v) is 5.23. The molecule has 2 fully saturated rings. The highest BCUT2D eigenvalue weighted by Gasteiger charge is 2.38. The molecule has 0 aromatic carbocycles. The molecule has 5 heteroatoms. The molecule has 20 heavy (non-hydrogen) atoms. The second-order valence-electron chi connectivity index (χ2n) is 6.61. The van der Waals surface area contributed by atoms with Gasteiger partial charge in [0.25, 0.3) is 0 Å². The Morgan fingerprint density at radius 2 is 2.25 bits per heavy atom. The Morgan fingerprint density at radius 1 is 1.35 bits per heavy atom. The number of hydrogen-bond acceptors (Lipinski definition) is 5. The number of piperidine rings is 1. The van der Waals surface area contributed by atoms with Crippen molar-refractivity contribution in [3.8, 4) is 0 Å². The van der Waals surface area contributed by atoms with Gasteiger partial charge in [0.1, 0.15) is 5.03 Å². The summed E-state index contributed by atoms with van der Waals surface area (Å²) in [5, 5.41) is 1.23. The Labute approximate surface area is 130 Å². The minimum atomic E-state index is 0.656. The first-order valence-electron chi connectivity index (χ1n) is 7.91. The van der Waals surface area contributed by atoms with Gasteiger partial charge in [0, 0.05) is 19.0 Å². The maximum absolute atomic E-state index is 4.66. The van der Waals surface area contributed by atoms with E-state index in [4.69, 9.17) is 0 Å². The summed E-state index contributed by atoms with van der Waals surface area (Å²) >= 11 is 3.35. The summed E-state index contributed by atoms with van der Waals surface area (Å²) in [4.78, 5) is 2.62. The van der Waals surface area contributed by atoms with Gasteiger partial charge in [0.05, 0.1) is 17.4 Å².